The number of nitrogens with one attached hydrogen (secondary N) is 1. The van der Waals surface area contributed by atoms with Crippen molar-refractivity contribution in [1.29, 1.82) is 0 Å². The van der Waals surface area contributed by atoms with Crippen LogP contribution >= 0.6 is 11.8 Å². The number of rotatable bonds is 9. The molecule has 1 N–H and O–H groups in total. The predicted molar refractivity (Wildman–Crippen MR) is 119 cm³/mol. The van der Waals surface area contributed by atoms with Gasteiger partial charge >= 0.3 is 0 Å². The number of carbonyl (C=O) groups is 1. The van der Waals surface area contributed by atoms with Crippen molar-refractivity contribution in [3.63, 3.8) is 0 Å². The van der Waals surface area contributed by atoms with Crippen molar-refractivity contribution in [2.75, 3.05) is 19.5 Å². The normalized spacial score (nSPS) is 10.8. The molecule has 0 saturated heterocycles. The van der Waals surface area contributed by atoms with Crippen LogP contribution in [0, 0.1) is 0 Å². The highest BCUT2D eigenvalue weighted by molar-refractivity contribution is 7.99. The van der Waals surface area contributed by atoms with Crippen LogP contribution in [0.2, 0.25) is 0 Å². The van der Waals surface area contributed by atoms with Gasteiger partial charge in [0.15, 0.2) is 11.0 Å². The van der Waals surface area contributed by atoms with E-state index in [4.69, 9.17) is 9.47 Å². The molecule has 2 aromatic carbocycles. The first kappa shape index (κ1) is 21.7. The van der Waals surface area contributed by atoms with Crippen LogP contribution in [0.5, 0.6) is 11.5 Å². The molecule has 0 spiro atoms. The topological polar surface area (TPSA) is 78.3 Å². The minimum atomic E-state index is -0.0424. The van der Waals surface area contributed by atoms with Crippen LogP contribution in [0.3, 0.4) is 0 Å². The zero-order chi connectivity index (χ0) is 21.5. The molecule has 0 bridgehead atoms. The number of benzene rings is 2. The van der Waals surface area contributed by atoms with E-state index in [0.717, 1.165) is 22.7 Å². The van der Waals surface area contributed by atoms with Gasteiger partial charge in [-0.1, -0.05) is 23.9 Å². The average Bonchev–Trinajstić information content (AvgIpc) is 3.16. The molecule has 0 radical (unpaired) electrons. The summed E-state index contributed by atoms with van der Waals surface area (Å²) in [6.45, 7) is 6.43. The van der Waals surface area contributed by atoms with Crippen molar-refractivity contribution in [1.82, 2.24) is 20.1 Å². The number of nitrogens with zero attached hydrogens (tertiary/aromatic N) is 3. The van der Waals surface area contributed by atoms with Crippen molar-refractivity contribution in [3.8, 4) is 28.6 Å². The Bertz CT molecular complexity index is 986. The second-order valence-electron chi connectivity index (χ2n) is 6.81. The number of carbonyl (C=O) groups excluding carboxylic acids is 1. The molecule has 0 aliphatic rings. The Morgan fingerprint density at radius 1 is 1.13 bits per heavy atom. The van der Waals surface area contributed by atoms with E-state index in [0.29, 0.717) is 17.6 Å². The Labute approximate surface area is 180 Å². The standard InChI is InChI=1S/C22H26N4O3S/c1-5-29-18-11-9-17(10-12-18)26-21(16-7-6-8-19(13-16)28-4)24-25-22(26)30-14-20(27)23-15(2)3/h6-13,15H,5,14H2,1-4H3,(H,23,27). The molecule has 3 rings (SSSR count). The summed E-state index contributed by atoms with van der Waals surface area (Å²) in [4.78, 5) is 12.1. The Balaban J connectivity index is 1.98. The molecule has 1 heterocycles. The largest absolute Gasteiger partial charge is 0.497 e. The lowest BCUT2D eigenvalue weighted by Gasteiger charge is -2.12. The van der Waals surface area contributed by atoms with Crippen molar-refractivity contribution >= 4 is 17.7 Å². The summed E-state index contributed by atoms with van der Waals surface area (Å²) < 4.78 is 12.9. The molecule has 1 amide bonds. The van der Waals surface area contributed by atoms with Crippen molar-refractivity contribution in [2.24, 2.45) is 0 Å². The number of methoxy groups -OCH3 is 1. The number of thioether (sulfide) groups is 1. The van der Waals surface area contributed by atoms with E-state index in [-0.39, 0.29) is 17.7 Å². The van der Waals surface area contributed by atoms with E-state index in [1.165, 1.54) is 11.8 Å². The predicted octanol–water partition coefficient (Wildman–Crippen LogP) is 3.96. The van der Waals surface area contributed by atoms with Crippen molar-refractivity contribution in [3.05, 3.63) is 48.5 Å². The lowest BCUT2D eigenvalue weighted by atomic mass is 10.2. The Hall–Kier alpha value is -3.00. The molecule has 0 unspecified atom stereocenters. The van der Waals surface area contributed by atoms with Crippen LogP contribution in [0.1, 0.15) is 20.8 Å². The van der Waals surface area contributed by atoms with Gasteiger partial charge in [-0.2, -0.15) is 0 Å². The van der Waals surface area contributed by atoms with Crippen LogP contribution in [-0.4, -0.2) is 46.2 Å². The molecule has 0 atom stereocenters. The number of ether oxygens (including phenoxy) is 2. The first-order valence-electron chi connectivity index (χ1n) is 9.77. The van der Waals surface area contributed by atoms with E-state index in [1.807, 2.05) is 73.9 Å². The third kappa shape index (κ3) is 5.33. The molecule has 0 aliphatic heterocycles. The molecule has 30 heavy (non-hydrogen) atoms. The summed E-state index contributed by atoms with van der Waals surface area (Å²) in [5.41, 5.74) is 1.75. The number of aromatic nitrogens is 3. The monoisotopic (exact) mass is 426 g/mol. The van der Waals surface area contributed by atoms with Gasteiger partial charge in [-0.15, -0.1) is 10.2 Å². The zero-order valence-corrected chi connectivity index (χ0v) is 18.4. The fourth-order valence-electron chi connectivity index (χ4n) is 2.90. The highest BCUT2D eigenvalue weighted by Gasteiger charge is 2.18. The van der Waals surface area contributed by atoms with Gasteiger partial charge in [-0.3, -0.25) is 9.36 Å². The average molecular weight is 427 g/mol. The van der Waals surface area contributed by atoms with Crippen LogP contribution in [0.15, 0.2) is 53.7 Å². The highest BCUT2D eigenvalue weighted by Crippen LogP contribution is 2.30. The Kier molecular flexibility index (Phi) is 7.35. The van der Waals surface area contributed by atoms with Crippen molar-refractivity contribution in [2.45, 2.75) is 32.0 Å². The third-order valence-corrected chi connectivity index (χ3v) is 5.08. The molecular formula is C22H26N4O3S. The van der Waals surface area contributed by atoms with E-state index in [2.05, 4.69) is 15.5 Å². The van der Waals surface area contributed by atoms with Gasteiger partial charge in [-0.05, 0) is 57.2 Å². The van der Waals surface area contributed by atoms with Crippen LogP contribution < -0.4 is 14.8 Å². The fourth-order valence-corrected chi connectivity index (χ4v) is 3.66. The second-order valence-corrected chi connectivity index (χ2v) is 7.75. The fraction of sp³-hybridized carbons (Fsp3) is 0.318. The van der Waals surface area contributed by atoms with Gasteiger partial charge in [-0.25, -0.2) is 0 Å². The molecule has 158 valence electrons. The lowest BCUT2D eigenvalue weighted by molar-refractivity contribution is -0.119. The number of hydrogen-bond donors (Lipinski definition) is 1. The minimum Gasteiger partial charge on any atom is -0.497 e. The SMILES string of the molecule is CCOc1ccc(-n2c(SCC(=O)NC(C)C)nnc2-c2cccc(OC)c2)cc1. The van der Waals surface area contributed by atoms with E-state index >= 15 is 0 Å². The summed E-state index contributed by atoms with van der Waals surface area (Å²) in [5.74, 6) is 2.41. The maximum absolute atomic E-state index is 12.1. The number of hydrogen-bond acceptors (Lipinski definition) is 6. The minimum absolute atomic E-state index is 0.0424. The molecule has 8 heteroatoms. The summed E-state index contributed by atoms with van der Waals surface area (Å²) in [6.07, 6.45) is 0. The molecule has 1 aromatic heterocycles. The van der Waals surface area contributed by atoms with E-state index in [9.17, 15) is 4.79 Å². The Morgan fingerprint density at radius 3 is 2.57 bits per heavy atom. The van der Waals surface area contributed by atoms with Gasteiger partial charge in [0.2, 0.25) is 5.91 Å². The van der Waals surface area contributed by atoms with Crippen LogP contribution in [-0.2, 0) is 4.79 Å². The maximum atomic E-state index is 12.1. The van der Waals surface area contributed by atoms with E-state index < -0.39 is 0 Å². The Morgan fingerprint density at radius 2 is 1.90 bits per heavy atom. The lowest BCUT2D eigenvalue weighted by Crippen LogP contribution is -2.31. The van der Waals surface area contributed by atoms with Gasteiger partial charge in [0.05, 0.1) is 19.5 Å². The van der Waals surface area contributed by atoms with Gasteiger partial charge < -0.3 is 14.8 Å². The van der Waals surface area contributed by atoms with Gasteiger partial charge in [0.1, 0.15) is 11.5 Å². The summed E-state index contributed by atoms with van der Waals surface area (Å²) in [6, 6.07) is 15.5. The van der Waals surface area contributed by atoms with E-state index in [1.54, 1.807) is 7.11 Å². The van der Waals surface area contributed by atoms with Crippen LogP contribution in [0.25, 0.3) is 17.1 Å². The van der Waals surface area contributed by atoms with Gasteiger partial charge in [0.25, 0.3) is 0 Å². The zero-order valence-electron chi connectivity index (χ0n) is 17.6. The molecule has 0 aliphatic carbocycles. The molecule has 0 fully saturated rings. The molecule has 7 nitrogen and oxygen atoms in total. The maximum Gasteiger partial charge on any atom is 0.230 e. The summed E-state index contributed by atoms with van der Waals surface area (Å²) in [7, 11) is 1.63. The van der Waals surface area contributed by atoms with Gasteiger partial charge in [0, 0.05) is 17.3 Å². The third-order valence-electron chi connectivity index (χ3n) is 4.15. The quantitative estimate of drug-likeness (QED) is 0.522. The van der Waals surface area contributed by atoms with Crippen LogP contribution in [0.4, 0.5) is 0 Å². The second kappa shape index (κ2) is 10.2. The first-order chi connectivity index (χ1) is 14.5. The number of amides is 1. The molecular weight excluding hydrogens is 400 g/mol. The molecule has 0 saturated carbocycles. The summed E-state index contributed by atoms with van der Waals surface area (Å²) >= 11 is 1.35. The van der Waals surface area contributed by atoms with Crippen molar-refractivity contribution < 1.29 is 14.3 Å². The highest BCUT2D eigenvalue weighted by atomic mass is 32.2. The molecule has 3 aromatic rings. The smallest absolute Gasteiger partial charge is 0.230 e. The summed E-state index contributed by atoms with van der Waals surface area (Å²) in [5, 5.41) is 12.3. The first-order valence-corrected chi connectivity index (χ1v) is 10.8.